The van der Waals surface area contributed by atoms with E-state index < -0.39 is 24.1 Å². The maximum atomic E-state index is 12.4. The summed E-state index contributed by atoms with van der Waals surface area (Å²) in [5, 5.41) is 27.3. The van der Waals surface area contributed by atoms with Crippen molar-refractivity contribution >= 4 is 12.0 Å². The molecule has 1 fully saturated rings. The fraction of sp³-hybridized carbons (Fsp3) is 0.769. The van der Waals surface area contributed by atoms with Crippen molar-refractivity contribution in [3.8, 4) is 6.07 Å². The zero-order valence-electron chi connectivity index (χ0n) is 11.8. The first-order chi connectivity index (χ1) is 9.36. The lowest BCUT2D eigenvalue weighted by molar-refractivity contribution is -0.141. The molecule has 0 aromatic rings. The number of carboxylic acids is 1. The van der Waals surface area contributed by atoms with E-state index in [-0.39, 0.29) is 31.8 Å². The molecule has 0 aliphatic carbocycles. The number of aliphatic hydroxyl groups is 1. The molecule has 0 spiro atoms. The van der Waals surface area contributed by atoms with Crippen LogP contribution in [0.1, 0.15) is 26.7 Å². The molecule has 0 saturated carbocycles. The Hall–Kier alpha value is -1.81. The van der Waals surface area contributed by atoms with Gasteiger partial charge in [-0.3, -0.25) is 0 Å². The number of carbonyl (C=O) groups is 2. The molecule has 1 saturated heterocycles. The van der Waals surface area contributed by atoms with Crippen molar-refractivity contribution in [1.82, 2.24) is 9.80 Å². The summed E-state index contributed by atoms with van der Waals surface area (Å²) >= 11 is 0. The number of carboxylic acid groups (broad SMARTS) is 1. The standard InChI is InChI=1S/C13H21N3O4/c1-9(2)7-15(5-3-4-14)13(20)16-8-10(17)6-11(16)12(18)19/h9-11,17H,3,5-8H2,1-2H3,(H,18,19)/t10-,11-/m1/s1. The van der Waals surface area contributed by atoms with Crippen molar-refractivity contribution in [2.45, 2.75) is 38.8 Å². The van der Waals surface area contributed by atoms with Crippen LogP contribution in [0.15, 0.2) is 0 Å². The van der Waals surface area contributed by atoms with E-state index in [1.54, 1.807) is 0 Å². The topological polar surface area (TPSA) is 105 Å². The van der Waals surface area contributed by atoms with E-state index in [2.05, 4.69) is 0 Å². The largest absolute Gasteiger partial charge is 0.480 e. The first-order valence-electron chi connectivity index (χ1n) is 6.70. The molecule has 0 aromatic heterocycles. The number of amides is 2. The average molecular weight is 283 g/mol. The Morgan fingerprint density at radius 1 is 1.50 bits per heavy atom. The molecule has 2 N–H and O–H groups in total. The van der Waals surface area contributed by atoms with Crippen molar-refractivity contribution in [3.63, 3.8) is 0 Å². The van der Waals surface area contributed by atoms with Crippen LogP contribution in [0.3, 0.4) is 0 Å². The van der Waals surface area contributed by atoms with Crippen molar-refractivity contribution in [3.05, 3.63) is 0 Å². The summed E-state index contributed by atoms with van der Waals surface area (Å²) in [4.78, 5) is 26.2. The lowest BCUT2D eigenvalue weighted by Gasteiger charge is -2.30. The molecule has 1 aliphatic rings. The van der Waals surface area contributed by atoms with Crippen LogP contribution in [0.25, 0.3) is 0 Å². The Labute approximate surface area is 118 Å². The number of likely N-dealkylation sites (tertiary alicyclic amines) is 1. The summed E-state index contributed by atoms with van der Waals surface area (Å²) in [5.74, 6) is -0.895. The first-order valence-corrected chi connectivity index (χ1v) is 6.70. The lowest BCUT2D eigenvalue weighted by Crippen LogP contribution is -2.49. The smallest absolute Gasteiger partial charge is 0.326 e. The van der Waals surface area contributed by atoms with Crippen LogP contribution in [0.5, 0.6) is 0 Å². The second-order valence-corrected chi connectivity index (χ2v) is 5.43. The van der Waals surface area contributed by atoms with E-state index in [0.29, 0.717) is 6.54 Å². The van der Waals surface area contributed by atoms with Crippen LogP contribution in [0, 0.1) is 17.2 Å². The van der Waals surface area contributed by atoms with Gasteiger partial charge in [0, 0.05) is 26.1 Å². The van der Waals surface area contributed by atoms with Crippen molar-refractivity contribution < 1.29 is 19.8 Å². The number of aliphatic hydroxyl groups excluding tert-OH is 1. The SMILES string of the molecule is CC(C)CN(CCC#N)C(=O)N1C[C@H](O)C[C@@H]1C(=O)O. The Balaban J connectivity index is 2.81. The van der Waals surface area contributed by atoms with Gasteiger partial charge in [-0.25, -0.2) is 9.59 Å². The molecule has 1 heterocycles. The van der Waals surface area contributed by atoms with E-state index in [4.69, 9.17) is 10.4 Å². The monoisotopic (exact) mass is 283 g/mol. The third-order valence-electron chi connectivity index (χ3n) is 3.16. The van der Waals surface area contributed by atoms with Gasteiger partial charge in [0.1, 0.15) is 6.04 Å². The van der Waals surface area contributed by atoms with Crippen molar-refractivity contribution in [2.75, 3.05) is 19.6 Å². The Morgan fingerprint density at radius 3 is 2.65 bits per heavy atom. The van der Waals surface area contributed by atoms with E-state index in [9.17, 15) is 14.7 Å². The van der Waals surface area contributed by atoms with Gasteiger partial charge < -0.3 is 20.0 Å². The second kappa shape index (κ2) is 7.10. The molecule has 1 rings (SSSR count). The predicted molar refractivity (Wildman–Crippen MR) is 70.8 cm³/mol. The number of hydrogen-bond acceptors (Lipinski definition) is 4. The minimum Gasteiger partial charge on any atom is -0.480 e. The predicted octanol–water partition coefficient (Wildman–Crippen LogP) is 0.498. The molecule has 1 aliphatic heterocycles. The van der Waals surface area contributed by atoms with Gasteiger partial charge in [-0.05, 0) is 5.92 Å². The quantitative estimate of drug-likeness (QED) is 0.764. The molecule has 7 nitrogen and oxygen atoms in total. The maximum Gasteiger partial charge on any atom is 0.326 e. The number of hydrogen-bond donors (Lipinski definition) is 2. The number of aliphatic carboxylic acids is 1. The Kier molecular flexibility index (Phi) is 5.77. The fourth-order valence-electron chi connectivity index (χ4n) is 2.33. The molecule has 0 bridgehead atoms. The summed E-state index contributed by atoms with van der Waals surface area (Å²) in [6.45, 7) is 4.64. The van der Waals surface area contributed by atoms with Gasteiger partial charge in [-0.2, -0.15) is 5.26 Å². The molecule has 20 heavy (non-hydrogen) atoms. The van der Waals surface area contributed by atoms with Gasteiger partial charge >= 0.3 is 12.0 Å². The number of nitriles is 1. The maximum absolute atomic E-state index is 12.4. The van der Waals surface area contributed by atoms with Gasteiger partial charge in [0.05, 0.1) is 18.6 Å². The molecular weight excluding hydrogens is 262 g/mol. The highest BCUT2D eigenvalue weighted by Crippen LogP contribution is 2.20. The number of carbonyl (C=O) groups excluding carboxylic acids is 1. The Morgan fingerprint density at radius 2 is 2.15 bits per heavy atom. The van der Waals surface area contributed by atoms with E-state index in [1.807, 2.05) is 19.9 Å². The normalized spacial score (nSPS) is 21.9. The van der Waals surface area contributed by atoms with Crippen molar-refractivity contribution in [2.24, 2.45) is 5.92 Å². The summed E-state index contributed by atoms with van der Waals surface area (Å²) < 4.78 is 0. The summed E-state index contributed by atoms with van der Waals surface area (Å²) in [5.41, 5.74) is 0. The van der Waals surface area contributed by atoms with Crippen LogP contribution in [-0.2, 0) is 4.79 Å². The Bertz CT molecular complexity index is 405. The third kappa shape index (κ3) is 4.10. The number of β-amino-alcohol motifs (C(OH)–C–C–N with tert-alkyl or cyclic N) is 1. The third-order valence-corrected chi connectivity index (χ3v) is 3.16. The van der Waals surface area contributed by atoms with E-state index >= 15 is 0 Å². The summed E-state index contributed by atoms with van der Waals surface area (Å²) in [6.07, 6.45) is -0.557. The van der Waals surface area contributed by atoms with Crippen LogP contribution in [0.2, 0.25) is 0 Å². The minimum atomic E-state index is -1.11. The molecule has 0 unspecified atom stereocenters. The van der Waals surface area contributed by atoms with Crippen LogP contribution in [-0.4, -0.2) is 63.8 Å². The van der Waals surface area contributed by atoms with Crippen molar-refractivity contribution in [1.29, 1.82) is 5.26 Å². The van der Waals surface area contributed by atoms with Gasteiger partial charge in [0.15, 0.2) is 0 Å². The molecule has 112 valence electrons. The zero-order valence-corrected chi connectivity index (χ0v) is 11.8. The first kappa shape index (κ1) is 16.2. The van der Waals surface area contributed by atoms with Gasteiger partial charge in [0.25, 0.3) is 0 Å². The summed E-state index contributed by atoms with van der Waals surface area (Å²) in [7, 11) is 0. The molecule has 7 heteroatoms. The average Bonchev–Trinajstić information content (AvgIpc) is 2.75. The number of urea groups is 1. The molecule has 0 aromatic carbocycles. The number of rotatable bonds is 5. The summed E-state index contributed by atoms with van der Waals surface area (Å²) in [6, 6.07) is 0.571. The highest BCUT2D eigenvalue weighted by molar-refractivity contribution is 5.83. The van der Waals surface area contributed by atoms with E-state index in [1.165, 1.54) is 9.80 Å². The van der Waals surface area contributed by atoms with Gasteiger partial charge in [-0.15, -0.1) is 0 Å². The highest BCUT2D eigenvalue weighted by Gasteiger charge is 2.40. The molecular formula is C13H21N3O4. The zero-order chi connectivity index (χ0) is 15.3. The minimum absolute atomic E-state index is 0.0248. The second-order valence-electron chi connectivity index (χ2n) is 5.43. The fourth-order valence-corrected chi connectivity index (χ4v) is 2.33. The lowest BCUT2D eigenvalue weighted by atomic mass is 10.2. The molecule has 2 atom stereocenters. The van der Waals surface area contributed by atoms with E-state index in [0.717, 1.165) is 0 Å². The van der Waals surface area contributed by atoms with Gasteiger partial charge in [-0.1, -0.05) is 13.8 Å². The van der Waals surface area contributed by atoms with Gasteiger partial charge in [0.2, 0.25) is 0 Å². The van der Waals surface area contributed by atoms with Crippen LogP contribution >= 0.6 is 0 Å². The number of nitrogens with zero attached hydrogens (tertiary/aromatic N) is 3. The molecule has 0 radical (unpaired) electrons. The van der Waals surface area contributed by atoms with Crippen LogP contribution < -0.4 is 0 Å². The molecule has 2 amide bonds. The highest BCUT2D eigenvalue weighted by atomic mass is 16.4. The van der Waals surface area contributed by atoms with Crippen LogP contribution in [0.4, 0.5) is 4.79 Å².